The zero-order valence-corrected chi connectivity index (χ0v) is 52.6. The van der Waals surface area contributed by atoms with Crippen LogP contribution in [0.15, 0.2) is 12.2 Å². The average molecular weight is 1140 g/mol. The molecule has 9 unspecified atom stereocenters. The van der Waals surface area contributed by atoms with Crippen LogP contribution in [-0.2, 0) is 14.3 Å². The number of nitrogens with one attached hydrogen (secondary N) is 1. The van der Waals surface area contributed by atoms with E-state index in [4.69, 9.17) is 9.47 Å². The summed E-state index contributed by atoms with van der Waals surface area (Å²) in [6.07, 6.45) is 60.0. The standard InChI is InChI=1S/C69H135NO10/c1-3-5-7-9-11-13-15-17-19-21-23-25-27-28-29-30-31-32-33-34-35-37-39-41-43-45-47-49-51-53-55-57-62(73)68(78)70-60(59-79-69-67(77)66(76)65(75)63(58-71)80-69)64(74)61(72)56-54-52-50-48-46-44-42-40-38-36-26-24-22-20-18-16-14-12-10-8-6-4-2/h28-29,60-67,69,71-77H,3-27,30-59H2,1-2H3,(H,70,78)/b29-28-. The summed E-state index contributed by atoms with van der Waals surface area (Å²) in [5.74, 6) is -0.689. The lowest BCUT2D eigenvalue weighted by atomic mass is 9.98. The van der Waals surface area contributed by atoms with E-state index in [0.29, 0.717) is 19.3 Å². The highest BCUT2D eigenvalue weighted by atomic mass is 16.7. The largest absolute Gasteiger partial charge is 0.394 e. The number of carbonyl (C=O) groups is 1. The first-order valence-electron chi connectivity index (χ1n) is 35.1. The quantitative estimate of drug-likeness (QED) is 0.0215. The van der Waals surface area contributed by atoms with Crippen LogP contribution in [0.25, 0.3) is 0 Å². The molecule has 0 bridgehead atoms. The number of ether oxygens (including phenoxy) is 2. The van der Waals surface area contributed by atoms with Crippen LogP contribution in [0.2, 0.25) is 0 Å². The minimum atomic E-state index is -1.66. The lowest BCUT2D eigenvalue weighted by Gasteiger charge is -2.40. The molecule has 80 heavy (non-hydrogen) atoms. The predicted octanol–water partition coefficient (Wildman–Crippen LogP) is 16.6. The third-order valence-corrected chi connectivity index (χ3v) is 17.3. The molecule has 1 saturated heterocycles. The second-order valence-electron chi connectivity index (χ2n) is 25.0. The fourth-order valence-corrected chi connectivity index (χ4v) is 11.7. The van der Waals surface area contributed by atoms with Gasteiger partial charge in [-0.15, -0.1) is 0 Å². The topological polar surface area (TPSA) is 189 Å². The summed E-state index contributed by atoms with van der Waals surface area (Å²) < 4.78 is 11.2. The molecule has 0 aliphatic carbocycles. The molecule has 1 aliphatic rings. The van der Waals surface area contributed by atoms with Crippen molar-refractivity contribution in [1.82, 2.24) is 5.32 Å². The molecule has 1 rings (SSSR count). The molecule has 8 N–H and O–H groups in total. The SMILES string of the molecule is CCCCCCCCCCCCCC/C=C\CCCCCCCCCCCCCCCCCC(O)C(=O)NC(COC1OC(CO)C(O)C(O)C1O)C(O)C(O)CCCCCCCCCCCCCCCCCCCCCCCC. The number of allylic oxidation sites excluding steroid dienone is 2. The van der Waals surface area contributed by atoms with E-state index in [2.05, 4.69) is 31.3 Å². The molecule has 1 aliphatic heterocycles. The van der Waals surface area contributed by atoms with E-state index in [1.807, 2.05) is 0 Å². The van der Waals surface area contributed by atoms with Crippen molar-refractivity contribution in [2.75, 3.05) is 13.2 Å². The van der Waals surface area contributed by atoms with E-state index in [-0.39, 0.29) is 6.42 Å². The average Bonchev–Trinajstić information content (AvgIpc) is 3.46. The Labute approximate surface area is 493 Å². The van der Waals surface area contributed by atoms with Crippen molar-refractivity contribution in [1.29, 1.82) is 0 Å². The van der Waals surface area contributed by atoms with Gasteiger partial charge in [-0.25, -0.2) is 0 Å². The molecule has 0 radical (unpaired) electrons. The van der Waals surface area contributed by atoms with Crippen LogP contribution in [0.3, 0.4) is 0 Å². The highest BCUT2D eigenvalue weighted by Gasteiger charge is 2.44. The predicted molar refractivity (Wildman–Crippen MR) is 335 cm³/mol. The fourth-order valence-electron chi connectivity index (χ4n) is 11.7. The Morgan fingerprint density at radius 3 is 1.05 bits per heavy atom. The minimum Gasteiger partial charge on any atom is -0.394 e. The first-order chi connectivity index (χ1) is 39.2. The molecule has 11 nitrogen and oxygen atoms in total. The van der Waals surface area contributed by atoms with E-state index in [9.17, 15) is 40.5 Å². The van der Waals surface area contributed by atoms with Crippen molar-refractivity contribution < 1.29 is 50.0 Å². The third-order valence-electron chi connectivity index (χ3n) is 17.3. The molecule has 0 aromatic rings. The Bertz CT molecular complexity index is 1310. The monoisotopic (exact) mass is 1140 g/mol. The summed E-state index contributed by atoms with van der Waals surface area (Å²) in [5.41, 5.74) is 0. The van der Waals surface area contributed by atoms with Gasteiger partial charge in [0, 0.05) is 0 Å². The van der Waals surface area contributed by atoms with E-state index in [1.165, 1.54) is 276 Å². The Balaban J connectivity index is 2.18. The molecule has 0 saturated carbocycles. The molecule has 1 heterocycles. The summed E-state index contributed by atoms with van der Waals surface area (Å²) in [5, 5.41) is 76.5. The zero-order chi connectivity index (χ0) is 58.2. The summed E-state index contributed by atoms with van der Waals surface area (Å²) in [4.78, 5) is 13.2. The molecule has 0 spiro atoms. The van der Waals surface area contributed by atoms with Crippen LogP contribution in [0.5, 0.6) is 0 Å². The van der Waals surface area contributed by atoms with Gasteiger partial charge >= 0.3 is 0 Å². The number of unbranched alkanes of at least 4 members (excludes halogenated alkanes) is 48. The highest BCUT2D eigenvalue weighted by molar-refractivity contribution is 5.80. The van der Waals surface area contributed by atoms with Gasteiger partial charge in [-0.3, -0.25) is 4.79 Å². The van der Waals surface area contributed by atoms with Gasteiger partial charge < -0.3 is 50.5 Å². The summed E-state index contributed by atoms with van der Waals surface area (Å²) in [7, 11) is 0. The van der Waals surface area contributed by atoms with Gasteiger partial charge in [0.05, 0.1) is 25.4 Å². The maximum atomic E-state index is 13.2. The Kier molecular flexibility index (Phi) is 56.0. The number of amides is 1. The Hall–Kier alpha value is -1.15. The number of aliphatic hydroxyl groups excluding tert-OH is 7. The van der Waals surface area contributed by atoms with Gasteiger partial charge in [-0.2, -0.15) is 0 Å². The van der Waals surface area contributed by atoms with Crippen molar-refractivity contribution in [3.63, 3.8) is 0 Å². The van der Waals surface area contributed by atoms with Gasteiger partial charge in [0.25, 0.3) is 0 Å². The molecule has 9 atom stereocenters. The van der Waals surface area contributed by atoms with Crippen LogP contribution in [0.1, 0.15) is 354 Å². The van der Waals surface area contributed by atoms with Gasteiger partial charge in [0.15, 0.2) is 6.29 Å². The lowest BCUT2D eigenvalue weighted by molar-refractivity contribution is -0.303. The Morgan fingerprint density at radius 2 is 0.725 bits per heavy atom. The van der Waals surface area contributed by atoms with Crippen molar-refractivity contribution in [3.05, 3.63) is 12.2 Å². The second-order valence-corrected chi connectivity index (χ2v) is 25.0. The molecule has 476 valence electrons. The van der Waals surface area contributed by atoms with Gasteiger partial charge in [-0.1, -0.05) is 328 Å². The van der Waals surface area contributed by atoms with Gasteiger partial charge in [0.2, 0.25) is 5.91 Å². The summed E-state index contributed by atoms with van der Waals surface area (Å²) in [6.45, 7) is 3.52. The highest BCUT2D eigenvalue weighted by Crippen LogP contribution is 2.24. The molecule has 1 fully saturated rings. The van der Waals surface area contributed by atoms with E-state index in [1.54, 1.807) is 0 Å². The first kappa shape index (κ1) is 76.9. The second kappa shape index (κ2) is 58.2. The van der Waals surface area contributed by atoms with Crippen LogP contribution in [0, 0.1) is 0 Å². The molecular formula is C69H135NO10. The van der Waals surface area contributed by atoms with Crippen molar-refractivity contribution >= 4 is 5.91 Å². The van der Waals surface area contributed by atoms with E-state index < -0.39 is 74.2 Å². The molecule has 0 aromatic heterocycles. The van der Waals surface area contributed by atoms with Crippen LogP contribution >= 0.6 is 0 Å². The van der Waals surface area contributed by atoms with E-state index >= 15 is 0 Å². The van der Waals surface area contributed by atoms with Crippen molar-refractivity contribution in [2.45, 2.75) is 409 Å². The van der Waals surface area contributed by atoms with Crippen molar-refractivity contribution in [3.8, 4) is 0 Å². The third kappa shape index (κ3) is 45.2. The zero-order valence-electron chi connectivity index (χ0n) is 52.6. The Morgan fingerprint density at radius 1 is 0.425 bits per heavy atom. The smallest absolute Gasteiger partial charge is 0.249 e. The molecule has 11 heteroatoms. The number of hydrogen-bond donors (Lipinski definition) is 8. The number of rotatable bonds is 62. The summed E-state index contributed by atoms with van der Waals surface area (Å²) in [6, 6.07) is -1.17. The minimum absolute atomic E-state index is 0.265. The lowest BCUT2D eigenvalue weighted by Crippen LogP contribution is -2.60. The number of aliphatic hydroxyl groups is 7. The van der Waals surface area contributed by atoms with Crippen molar-refractivity contribution in [2.24, 2.45) is 0 Å². The molecule has 0 aromatic carbocycles. The number of hydrogen-bond acceptors (Lipinski definition) is 10. The number of carbonyl (C=O) groups excluding carboxylic acids is 1. The van der Waals surface area contributed by atoms with Crippen LogP contribution in [0.4, 0.5) is 0 Å². The fraction of sp³-hybridized carbons (Fsp3) is 0.957. The maximum absolute atomic E-state index is 13.2. The van der Waals surface area contributed by atoms with Gasteiger partial charge in [0.1, 0.15) is 36.6 Å². The normalized spacial score (nSPS) is 19.2. The first-order valence-corrected chi connectivity index (χ1v) is 35.1. The molecule has 1 amide bonds. The van der Waals surface area contributed by atoms with Crippen LogP contribution < -0.4 is 5.32 Å². The summed E-state index contributed by atoms with van der Waals surface area (Å²) >= 11 is 0. The van der Waals surface area contributed by atoms with Gasteiger partial charge in [-0.05, 0) is 38.5 Å². The van der Waals surface area contributed by atoms with Crippen LogP contribution in [-0.4, -0.2) is 110 Å². The maximum Gasteiger partial charge on any atom is 0.249 e. The van der Waals surface area contributed by atoms with E-state index in [0.717, 1.165) is 38.5 Å². The molecular weight excluding hydrogens is 1000 g/mol.